The van der Waals surface area contributed by atoms with E-state index in [-0.39, 0.29) is 29.9 Å². The fourth-order valence-corrected chi connectivity index (χ4v) is 3.91. The quantitative estimate of drug-likeness (QED) is 0.589. The van der Waals surface area contributed by atoms with E-state index in [9.17, 15) is 14.0 Å². The molecule has 156 valence electrons. The van der Waals surface area contributed by atoms with E-state index in [1.165, 1.54) is 23.9 Å². The highest BCUT2D eigenvalue weighted by molar-refractivity contribution is 7.99. The lowest BCUT2D eigenvalue weighted by atomic mass is 10.1. The molecule has 1 atom stereocenters. The molecule has 0 bridgehead atoms. The maximum Gasteiger partial charge on any atom is 0.242 e. The molecule has 1 unspecified atom stereocenters. The number of carbonyl (C=O) groups excluding carboxylic acids is 2. The first-order valence-electron chi connectivity index (χ1n) is 9.58. The third-order valence-corrected chi connectivity index (χ3v) is 5.65. The van der Waals surface area contributed by atoms with Crippen LogP contribution in [0, 0.1) is 5.82 Å². The summed E-state index contributed by atoms with van der Waals surface area (Å²) in [4.78, 5) is 27.1. The second-order valence-electron chi connectivity index (χ2n) is 6.59. The van der Waals surface area contributed by atoms with Crippen molar-refractivity contribution in [2.75, 3.05) is 12.3 Å². The van der Waals surface area contributed by atoms with E-state index in [4.69, 9.17) is 11.6 Å². The molecule has 0 aliphatic rings. The molecular formula is C22H26ClFN2O2S. The summed E-state index contributed by atoms with van der Waals surface area (Å²) >= 11 is 7.39. The molecule has 2 aromatic carbocycles. The van der Waals surface area contributed by atoms with Crippen LogP contribution in [-0.4, -0.2) is 35.1 Å². The van der Waals surface area contributed by atoms with Gasteiger partial charge in [-0.15, -0.1) is 11.8 Å². The highest BCUT2D eigenvalue weighted by Gasteiger charge is 2.28. The summed E-state index contributed by atoms with van der Waals surface area (Å²) in [5, 5.41) is 3.48. The number of amides is 2. The number of nitrogens with one attached hydrogen (secondary N) is 1. The van der Waals surface area contributed by atoms with E-state index in [2.05, 4.69) is 5.32 Å². The van der Waals surface area contributed by atoms with Crippen LogP contribution in [0.1, 0.15) is 31.4 Å². The molecule has 2 rings (SSSR count). The van der Waals surface area contributed by atoms with Gasteiger partial charge in [0.2, 0.25) is 11.8 Å². The Hall–Kier alpha value is -2.05. The molecule has 0 aliphatic carbocycles. The van der Waals surface area contributed by atoms with Crippen LogP contribution >= 0.6 is 23.4 Å². The van der Waals surface area contributed by atoms with Gasteiger partial charge in [0.1, 0.15) is 11.9 Å². The minimum Gasteiger partial charge on any atom is -0.355 e. The number of halogens is 2. The van der Waals surface area contributed by atoms with Crippen molar-refractivity contribution in [3.05, 3.63) is 70.5 Å². The van der Waals surface area contributed by atoms with Crippen molar-refractivity contribution in [2.24, 2.45) is 0 Å². The summed E-state index contributed by atoms with van der Waals surface area (Å²) in [5.74, 6) is 0.297. The van der Waals surface area contributed by atoms with Gasteiger partial charge in [0, 0.05) is 23.9 Å². The van der Waals surface area contributed by atoms with E-state index in [0.717, 1.165) is 11.1 Å². The van der Waals surface area contributed by atoms with Gasteiger partial charge in [-0.1, -0.05) is 42.8 Å². The van der Waals surface area contributed by atoms with Crippen molar-refractivity contribution < 1.29 is 14.0 Å². The Morgan fingerprint density at radius 2 is 1.69 bits per heavy atom. The Morgan fingerprint density at radius 3 is 2.28 bits per heavy atom. The molecule has 0 aliphatic heterocycles. The number of hydrogen-bond acceptors (Lipinski definition) is 3. The van der Waals surface area contributed by atoms with Crippen molar-refractivity contribution in [3.8, 4) is 0 Å². The largest absolute Gasteiger partial charge is 0.355 e. The predicted molar refractivity (Wildman–Crippen MR) is 117 cm³/mol. The van der Waals surface area contributed by atoms with E-state index < -0.39 is 6.04 Å². The Bertz CT molecular complexity index is 799. The zero-order valence-electron chi connectivity index (χ0n) is 16.7. The molecule has 2 aromatic rings. The number of hydrogen-bond donors (Lipinski definition) is 1. The van der Waals surface area contributed by atoms with Gasteiger partial charge >= 0.3 is 0 Å². The zero-order valence-corrected chi connectivity index (χ0v) is 18.2. The third kappa shape index (κ3) is 7.37. The molecule has 0 radical (unpaired) electrons. The Kier molecular flexibility index (Phi) is 9.48. The first-order valence-corrected chi connectivity index (χ1v) is 11.1. The molecule has 0 aromatic heterocycles. The lowest BCUT2D eigenvalue weighted by molar-refractivity contribution is -0.139. The zero-order chi connectivity index (χ0) is 21.2. The Labute approximate surface area is 180 Å². The molecule has 0 saturated heterocycles. The molecular weight excluding hydrogens is 411 g/mol. The Balaban J connectivity index is 2.08. The third-order valence-electron chi connectivity index (χ3n) is 4.41. The van der Waals surface area contributed by atoms with Gasteiger partial charge in [0.15, 0.2) is 0 Å². The first-order chi connectivity index (χ1) is 13.9. The van der Waals surface area contributed by atoms with Crippen LogP contribution in [0.2, 0.25) is 5.02 Å². The van der Waals surface area contributed by atoms with Crippen LogP contribution in [0.5, 0.6) is 0 Å². The van der Waals surface area contributed by atoms with Crippen LogP contribution in [0.3, 0.4) is 0 Å². The predicted octanol–water partition coefficient (Wildman–Crippen LogP) is 4.66. The highest BCUT2D eigenvalue weighted by atomic mass is 35.5. The fourth-order valence-electron chi connectivity index (χ4n) is 2.92. The molecule has 29 heavy (non-hydrogen) atoms. The van der Waals surface area contributed by atoms with Crippen molar-refractivity contribution in [2.45, 2.75) is 38.6 Å². The van der Waals surface area contributed by atoms with Gasteiger partial charge in [-0.3, -0.25) is 9.59 Å². The van der Waals surface area contributed by atoms with Crippen LogP contribution < -0.4 is 5.32 Å². The summed E-state index contributed by atoms with van der Waals surface area (Å²) in [6.45, 7) is 4.49. The van der Waals surface area contributed by atoms with Crippen LogP contribution in [0.25, 0.3) is 0 Å². The molecule has 1 N–H and O–H groups in total. The van der Waals surface area contributed by atoms with Crippen LogP contribution in [0.4, 0.5) is 4.39 Å². The molecule has 0 spiro atoms. The summed E-state index contributed by atoms with van der Waals surface area (Å²) in [6.07, 6.45) is 0.501. The summed E-state index contributed by atoms with van der Waals surface area (Å²) in [5.41, 5.74) is 1.86. The average molecular weight is 437 g/mol. The second kappa shape index (κ2) is 11.8. The van der Waals surface area contributed by atoms with Crippen molar-refractivity contribution in [1.82, 2.24) is 10.2 Å². The van der Waals surface area contributed by atoms with Crippen molar-refractivity contribution in [1.29, 1.82) is 0 Å². The summed E-state index contributed by atoms with van der Waals surface area (Å²) < 4.78 is 13.2. The lowest BCUT2D eigenvalue weighted by Gasteiger charge is -2.30. The van der Waals surface area contributed by atoms with E-state index >= 15 is 0 Å². The van der Waals surface area contributed by atoms with Crippen molar-refractivity contribution >= 4 is 35.2 Å². The fraction of sp³-hybridized carbons (Fsp3) is 0.364. The number of nitrogens with zero attached hydrogens (tertiary/aromatic N) is 1. The summed E-state index contributed by atoms with van der Waals surface area (Å²) in [6, 6.07) is 12.9. The Morgan fingerprint density at radius 1 is 1.07 bits per heavy atom. The minimum atomic E-state index is -0.566. The average Bonchev–Trinajstić information content (AvgIpc) is 2.71. The molecule has 2 amide bonds. The highest BCUT2D eigenvalue weighted by Crippen LogP contribution is 2.18. The summed E-state index contributed by atoms with van der Waals surface area (Å²) in [7, 11) is 0. The van der Waals surface area contributed by atoms with Crippen molar-refractivity contribution in [3.63, 3.8) is 0 Å². The van der Waals surface area contributed by atoms with Crippen LogP contribution in [-0.2, 0) is 21.9 Å². The second-order valence-corrected chi connectivity index (χ2v) is 8.01. The maximum absolute atomic E-state index is 13.2. The number of benzene rings is 2. The maximum atomic E-state index is 13.2. The van der Waals surface area contributed by atoms with E-state index in [0.29, 0.717) is 23.7 Å². The topological polar surface area (TPSA) is 49.4 Å². The minimum absolute atomic E-state index is 0.119. The van der Waals surface area contributed by atoms with Gasteiger partial charge in [0.05, 0.1) is 5.75 Å². The number of thioether (sulfide) groups is 1. The SMILES string of the molecule is CCNC(=O)C(CC)N(Cc1ccc(F)cc1)C(=O)CSCc1ccc(Cl)cc1. The standard InChI is InChI=1S/C22H26ClFN2O2S/c1-3-20(22(28)25-4-2)26(13-16-7-11-19(24)12-8-16)21(27)15-29-14-17-5-9-18(23)10-6-17/h5-12,20H,3-4,13-15H2,1-2H3,(H,25,28). The van der Waals surface area contributed by atoms with Gasteiger partial charge in [-0.2, -0.15) is 0 Å². The monoisotopic (exact) mass is 436 g/mol. The molecule has 7 heteroatoms. The van der Waals surface area contributed by atoms with Gasteiger partial charge < -0.3 is 10.2 Å². The number of carbonyl (C=O) groups is 2. The number of likely N-dealkylation sites (N-methyl/N-ethyl adjacent to an activating group) is 1. The van der Waals surface area contributed by atoms with Gasteiger partial charge in [-0.25, -0.2) is 4.39 Å². The van der Waals surface area contributed by atoms with Gasteiger partial charge in [0.25, 0.3) is 0 Å². The smallest absolute Gasteiger partial charge is 0.242 e. The molecule has 0 heterocycles. The number of rotatable bonds is 10. The molecule has 0 fully saturated rings. The van der Waals surface area contributed by atoms with Gasteiger partial charge in [-0.05, 0) is 48.7 Å². The first kappa shape index (κ1) is 23.2. The van der Waals surface area contributed by atoms with E-state index in [1.807, 2.05) is 38.1 Å². The molecule has 0 saturated carbocycles. The molecule has 4 nitrogen and oxygen atoms in total. The van der Waals surface area contributed by atoms with E-state index in [1.54, 1.807) is 17.0 Å². The lowest BCUT2D eigenvalue weighted by Crippen LogP contribution is -2.49. The normalized spacial score (nSPS) is 11.7. The van der Waals surface area contributed by atoms with Crippen LogP contribution in [0.15, 0.2) is 48.5 Å².